The lowest BCUT2D eigenvalue weighted by molar-refractivity contribution is 0.128. The van der Waals surface area contributed by atoms with Crippen LogP contribution in [0.2, 0.25) is 0 Å². The van der Waals surface area contributed by atoms with E-state index < -0.39 is 0 Å². The van der Waals surface area contributed by atoms with E-state index >= 15 is 0 Å². The molecule has 0 fully saturated rings. The van der Waals surface area contributed by atoms with Crippen LogP contribution in [-0.2, 0) is 11.3 Å². The average Bonchev–Trinajstić information content (AvgIpc) is 2.99. The quantitative estimate of drug-likeness (QED) is 0.820. The second-order valence-corrected chi connectivity index (χ2v) is 5.30. The van der Waals surface area contributed by atoms with Gasteiger partial charge in [-0.05, 0) is 25.3 Å². The monoisotopic (exact) mass is 292 g/mol. The molecule has 2 aromatic rings. The largest absolute Gasteiger partial charge is 0.374 e. The molecule has 1 unspecified atom stereocenters. The molecule has 20 heavy (non-hydrogen) atoms. The maximum atomic E-state index is 5.37. The van der Waals surface area contributed by atoms with Crippen LogP contribution in [-0.4, -0.2) is 23.6 Å². The normalized spacial score (nSPS) is 12.2. The topological polar surface area (TPSA) is 59.1 Å². The molecule has 6 heteroatoms. The number of hydrogen-bond acceptors (Lipinski definition) is 6. The molecular formula is C14H20N4OS. The zero-order valence-electron chi connectivity index (χ0n) is 12.0. The second-order valence-electron chi connectivity index (χ2n) is 4.32. The molecule has 108 valence electrons. The zero-order chi connectivity index (χ0) is 14.4. The molecule has 2 heterocycles. The van der Waals surface area contributed by atoms with Crippen molar-refractivity contribution in [3.05, 3.63) is 34.3 Å². The van der Waals surface area contributed by atoms with Gasteiger partial charge in [-0.1, -0.05) is 6.07 Å². The first-order chi connectivity index (χ1) is 9.72. The third kappa shape index (κ3) is 3.91. The van der Waals surface area contributed by atoms with Gasteiger partial charge in [-0.25, -0.2) is 9.97 Å². The summed E-state index contributed by atoms with van der Waals surface area (Å²) in [6, 6.07) is 6.29. The van der Waals surface area contributed by atoms with Crippen molar-refractivity contribution in [2.24, 2.45) is 0 Å². The molecule has 0 radical (unpaired) electrons. The van der Waals surface area contributed by atoms with E-state index in [1.807, 2.05) is 20.0 Å². The Kier molecular flexibility index (Phi) is 5.31. The summed E-state index contributed by atoms with van der Waals surface area (Å²) in [4.78, 5) is 10.1. The van der Waals surface area contributed by atoms with Gasteiger partial charge in [-0.2, -0.15) is 0 Å². The minimum Gasteiger partial charge on any atom is -0.374 e. The van der Waals surface area contributed by atoms with Crippen LogP contribution >= 0.6 is 11.3 Å². The van der Waals surface area contributed by atoms with Crippen molar-refractivity contribution in [2.45, 2.75) is 26.5 Å². The molecule has 5 nitrogen and oxygen atoms in total. The van der Waals surface area contributed by atoms with E-state index in [-0.39, 0.29) is 6.04 Å². The minimum absolute atomic E-state index is 0.217. The van der Waals surface area contributed by atoms with E-state index in [0.717, 1.165) is 11.6 Å². The lowest BCUT2D eigenvalue weighted by Crippen LogP contribution is -2.10. The van der Waals surface area contributed by atoms with E-state index in [0.29, 0.717) is 19.0 Å². The maximum absolute atomic E-state index is 5.37. The highest BCUT2D eigenvalue weighted by molar-refractivity contribution is 7.10. The summed E-state index contributed by atoms with van der Waals surface area (Å²) >= 11 is 1.73. The summed E-state index contributed by atoms with van der Waals surface area (Å²) in [7, 11) is 1.85. The van der Waals surface area contributed by atoms with Gasteiger partial charge in [-0.3, -0.25) is 0 Å². The Balaban J connectivity index is 2.13. The van der Waals surface area contributed by atoms with Gasteiger partial charge in [0.1, 0.15) is 18.2 Å². The maximum Gasteiger partial charge on any atom is 0.158 e. The van der Waals surface area contributed by atoms with Crippen molar-refractivity contribution in [3.8, 4) is 0 Å². The molecule has 2 aromatic heterocycles. The average molecular weight is 292 g/mol. The van der Waals surface area contributed by atoms with E-state index in [1.165, 1.54) is 4.88 Å². The van der Waals surface area contributed by atoms with Gasteiger partial charge in [0, 0.05) is 24.6 Å². The Bertz CT molecular complexity index is 530. The number of rotatable bonds is 7. The smallest absolute Gasteiger partial charge is 0.158 e. The Morgan fingerprint density at radius 3 is 2.80 bits per heavy atom. The van der Waals surface area contributed by atoms with Gasteiger partial charge >= 0.3 is 0 Å². The van der Waals surface area contributed by atoms with Crippen LogP contribution in [0.15, 0.2) is 23.6 Å². The van der Waals surface area contributed by atoms with Crippen molar-refractivity contribution in [3.63, 3.8) is 0 Å². The standard InChI is InChI=1S/C14H20N4OS/c1-4-19-9-14-17-12(15-3)8-13(18-14)16-10(2)11-6-5-7-20-11/h5-8,10H,4,9H2,1-3H3,(H2,15,16,17,18). The highest BCUT2D eigenvalue weighted by atomic mass is 32.1. The molecule has 1 atom stereocenters. The summed E-state index contributed by atoms with van der Waals surface area (Å²) in [5.74, 6) is 2.27. The van der Waals surface area contributed by atoms with Crippen molar-refractivity contribution in [1.82, 2.24) is 9.97 Å². The Morgan fingerprint density at radius 2 is 2.15 bits per heavy atom. The van der Waals surface area contributed by atoms with E-state index in [2.05, 4.69) is 45.0 Å². The van der Waals surface area contributed by atoms with Crippen LogP contribution in [0.5, 0.6) is 0 Å². The van der Waals surface area contributed by atoms with Crippen LogP contribution in [0.25, 0.3) is 0 Å². The third-order valence-corrected chi connectivity index (χ3v) is 3.85. The summed E-state index contributed by atoms with van der Waals surface area (Å²) in [6.45, 7) is 5.16. The molecule has 0 spiro atoms. The van der Waals surface area contributed by atoms with Gasteiger partial charge in [0.2, 0.25) is 0 Å². The molecule has 0 aliphatic heterocycles. The van der Waals surface area contributed by atoms with Gasteiger partial charge < -0.3 is 15.4 Å². The molecule has 0 bridgehead atoms. The van der Waals surface area contributed by atoms with Crippen LogP contribution in [0.4, 0.5) is 11.6 Å². The van der Waals surface area contributed by atoms with Crippen molar-refractivity contribution >= 4 is 23.0 Å². The molecule has 0 amide bonds. The van der Waals surface area contributed by atoms with Crippen LogP contribution in [0.3, 0.4) is 0 Å². The van der Waals surface area contributed by atoms with Gasteiger partial charge in [0.15, 0.2) is 5.82 Å². The fourth-order valence-electron chi connectivity index (χ4n) is 1.79. The van der Waals surface area contributed by atoms with E-state index in [9.17, 15) is 0 Å². The molecule has 0 aliphatic rings. The number of nitrogens with zero attached hydrogens (tertiary/aromatic N) is 2. The van der Waals surface area contributed by atoms with Crippen molar-refractivity contribution in [2.75, 3.05) is 24.3 Å². The fraction of sp³-hybridized carbons (Fsp3) is 0.429. The van der Waals surface area contributed by atoms with Crippen LogP contribution < -0.4 is 10.6 Å². The first-order valence-corrected chi connectivity index (χ1v) is 7.54. The Hall–Kier alpha value is -1.66. The van der Waals surface area contributed by atoms with Gasteiger partial charge in [0.25, 0.3) is 0 Å². The molecule has 0 saturated heterocycles. The van der Waals surface area contributed by atoms with Gasteiger partial charge in [0.05, 0.1) is 6.04 Å². The van der Waals surface area contributed by atoms with E-state index in [1.54, 1.807) is 11.3 Å². The SMILES string of the molecule is CCOCc1nc(NC)cc(NC(C)c2cccs2)n1. The minimum atomic E-state index is 0.217. The number of nitrogens with one attached hydrogen (secondary N) is 2. The third-order valence-electron chi connectivity index (χ3n) is 2.80. The lowest BCUT2D eigenvalue weighted by Gasteiger charge is -2.14. The lowest BCUT2D eigenvalue weighted by atomic mass is 10.3. The fourth-order valence-corrected chi connectivity index (χ4v) is 2.52. The predicted octanol–water partition coefficient (Wildman–Crippen LogP) is 3.29. The number of anilines is 2. The summed E-state index contributed by atoms with van der Waals surface area (Å²) in [5, 5.41) is 8.52. The summed E-state index contributed by atoms with van der Waals surface area (Å²) in [5.41, 5.74) is 0. The van der Waals surface area contributed by atoms with Crippen molar-refractivity contribution in [1.29, 1.82) is 0 Å². The molecule has 2 rings (SSSR count). The number of ether oxygens (including phenoxy) is 1. The van der Waals surface area contributed by atoms with Crippen LogP contribution in [0, 0.1) is 0 Å². The Labute approximate surface area is 123 Å². The summed E-state index contributed by atoms with van der Waals surface area (Å²) in [6.07, 6.45) is 0. The van der Waals surface area contributed by atoms with Gasteiger partial charge in [-0.15, -0.1) is 11.3 Å². The number of thiophene rings is 1. The Morgan fingerprint density at radius 1 is 1.35 bits per heavy atom. The molecule has 0 aliphatic carbocycles. The highest BCUT2D eigenvalue weighted by Gasteiger charge is 2.09. The highest BCUT2D eigenvalue weighted by Crippen LogP contribution is 2.23. The first-order valence-electron chi connectivity index (χ1n) is 6.66. The zero-order valence-corrected chi connectivity index (χ0v) is 12.8. The molecular weight excluding hydrogens is 272 g/mol. The summed E-state index contributed by atoms with van der Waals surface area (Å²) < 4.78 is 5.37. The van der Waals surface area contributed by atoms with E-state index in [4.69, 9.17) is 4.74 Å². The first kappa shape index (κ1) is 14.7. The molecule has 0 saturated carbocycles. The van der Waals surface area contributed by atoms with Crippen LogP contribution in [0.1, 0.15) is 30.6 Å². The predicted molar refractivity (Wildman–Crippen MR) is 83.3 cm³/mol. The molecule has 0 aromatic carbocycles. The second kappa shape index (κ2) is 7.21. The number of aromatic nitrogens is 2. The molecule has 2 N–H and O–H groups in total. The van der Waals surface area contributed by atoms with Crippen molar-refractivity contribution < 1.29 is 4.74 Å². The number of hydrogen-bond donors (Lipinski definition) is 2.